The van der Waals surface area contributed by atoms with Gasteiger partial charge in [0.25, 0.3) is 11.1 Å². The summed E-state index contributed by atoms with van der Waals surface area (Å²) >= 11 is 0.831. The third-order valence-electron chi connectivity index (χ3n) is 5.00. The van der Waals surface area contributed by atoms with Gasteiger partial charge in [0.05, 0.1) is 11.5 Å². The lowest BCUT2D eigenvalue weighted by Crippen LogP contribution is -2.36. The molecule has 3 aromatic rings. The van der Waals surface area contributed by atoms with E-state index in [1.165, 1.54) is 0 Å². The third-order valence-corrected chi connectivity index (χ3v) is 5.90. The molecule has 1 N–H and O–H groups in total. The quantitative estimate of drug-likeness (QED) is 0.508. The van der Waals surface area contributed by atoms with Crippen LogP contribution in [0.1, 0.15) is 18.2 Å². The molecule has 0 bridgehead atoms. The summed E-state index contributed by atoms with van der Waals surface area (Å²) < 4.78 is 7.31. The molecule has 1 aliphatic heterocycles. The summed E-state index contributed by atoms with van der Waals surface area (Å²) in [5.41, 5.74) is 3.42. The minimum absolute atomic E-state index is 0.279. The molecule has 2 aromatic carbocycles. The number of ether oxygens (including phenoxy) is 1. The lowest BCUT2D eigenvalue weighted by Gasteiger charge is -2.13. The predicted molar refractivity (Wildman–Crippen MR) is 129 cm³/mol. The number of carbonyl (C=O) groups is 3. The van der Waals surface area contributed by atoms with Crippen molar-refractivity contribution in [1.82, 2.24) is 9.47 Å². The molecule has 0 unspecified atom stereocenters. The zero-order valence-corrected chi connectivity index (χ0v) is 19.1. The number of imide groups is 1. The second-order valence-corrected chi connectivity index (χ2v) is 8.41. The SMILES string of the molecule is CCOc1ccc(NC(=O)CN2C(=O)S/C(=C/c3cccn3-c3ccc(C)cc3)C2=O)cc1. The van der Waals surface area contributed by atoms with E-state index in [0.717, 1.165) is 33.6 Å². The van der Waals surface area contributed by atoms with Crippen molar-refractivity contribution in [1.29, 1.82) is 0 Å². The number of nitrogens with one attached hydrogen (secondary N) is 1. The first-order chi connectivity index (χ1) is 15.9. The van der Waals surface area contributed by atoms with Crippen LogP contribution in [0.15, 0.2) is 71.8 Å². The third kappa shape index (κ3) is 5.18. The number of aryl methyl sites for hydroxylation is 1. The van der Waals surface area contributed by atoms with Gasteiger partial charge in [0.2, 0.25) is 5.91 Å². The molecule has 0 radical (unpaired) electrons. The fraction of sp³-hybridized carbons (Fsp3) is 0.160. The van der Waals surface area contributed by atoms with Crippen LogP contribution in [0.4, 0.5) is 10.5 Å². The predicted octanol–water partition coefficient (Wildman–Crippen LogP) is 4.86. The molecule has 7 nitrogen and oxygen atoms in total. The number of nitrogens with zero attached hydrogens (tertiary/aromatic N) is 2. The van der Waals surface area contributed by atoms with E-state index in [1.54, 1.807) is 30.3 Å². The highest BCUT2D eigenvalue weighted by atomic mass is 32.2. The molecule has 2 heterocycles. The standard InChI is InChI=1S/C25H23N3O4S/c1-3-32-21-12-8-18(9-13-21)26-23(29)16-28-24(30)22(33-25(28)31)15-20-5-4-14-27(20)19-10-6-17(2)7-11-19/h4-15H,3,16H2,1-2H3,(H,26,29)/b22-15+. The average Bonchev–Trinajstić information content (AvgIpc) is 3.36. The molecule has 0 spiro atoms. The molecule has 4 rings (SSSR count). The summed E-state index contributed by atoms with van der Waals surface area (Å²) in [5.74, 6) is -0.240. The largest absolute Gasteiger partial charge is 0.494 e. The van der Waals surface area contributed by atoms with Crippen molar-refractivity contribution in [2.45, 2.75) is 13.8 Å². The van der Waals surface area contributed by atoms with E-state index in [0.29, 0.717) is 18.0 Å². The second-order valence-electron chi connectivity index (χ2n) is 7.41. The van der Waals surface area contributed by atoms with Crippen molar-refractivity contribution in [3.05, 3.63) is 83.0 Å². The van der Waals surface area contributed by atoms with E-state index in [-0.39, 0.29) is 11.4 Å². The van der Waals surface area contributed by atoms with Crippen LogP contribution in [0.3, 0.4) is 0 Å². The summed E-state index contributed by atoms with van der Waals surface area (Å²) in [6.07, 6.45) is 3.57. The molecule has 1 aliphatic rings. The zero-order valence-electron chi connectivity index (χ0n) is 18.3. The Morgan fingerprint density at radius 1 is 1.06 bits per heavy atom. The lowest BCUT2D eigenvalue weighted by atomic mass is 10.2. The Bertz CT molecular complexity index is 1210. The molecule has 0 aliphatic carbocycles. The van der Waals surface area contributed by atoms with Gasteiger partial charge < -0.3 is 14.6 Å². The average molecular weight is 462 g/mol. The summed E-state index contributed by atoms with van der Waals surface area (Å²) in [4.78, 5) is 39.0. The number of rotatable bonds is 7. The highest BCUT2D eigenvalue weighted by molar-refractivity contribution is 8.18. The van der Waals surface area contributed by atoms with Crippen LogP contribution in [0, 0.1) is 6.92 Å². The van der Waals surface area contributed by atoms with Gasteiger partial charge in [-0.15, -0.1) is 0 Å². The monoisotopic (exact) mass is 461 g/mol. The van der Waals surface area contributed by atoms with E-state index in [2.05, 4.69) is 5.32 Å². The maximum atomic E-state index is 12.8. The van der Waals surface area contributed by atoms with E-state index >= 15 is 0 Å². The number of hydrogen-bond donors (Lipinski definition) is 1. The van der Waals surface area contributed by atoms with Crippen molar-refractivity contribution in [3.63, 3.8) is 0 Å². The minimum Gasteiger partial charge on any atom is -0.494 e. The van der Waals surface area contributed by atoms with Gasteiger partial charge in [-0.3, -0.25) is 19.3 Å². The van der Waals surface area contributed by atoms with Gasteiger partial charge in [-0.2, -0.15) is 0 Å². The molecule has 1 saturated heterocycles. The number of thioether (sulfide) groups is 1. The number of hydrogen-bond acceptors (Lipinski definition) is 5. The molecule has 0 saturated carbocycles. The summed E-state index contributed by atoms with van der Waals surface area (Å²) in [6.45, 7) is 4.10. The fourth-order valence-electron chi connectivity index (χ4n) is 3.37. The van der Waals surface area contributed by atoms with Crippen LogP contribution in [-0.2, 0) is 9.59 Å². The topological polar surface area (TPSA) is 80.6 Å². The van der Waals surface area contributed by atoms with Crippen LogP contribution >= 0.6 is 11.8 Å². The van der Waals surface area contributed by atoms with Crippen molar-refractivity contribution in [2.24, 2.45) is 0 Å². The number of benzene rings is 2. The van der Waals surface area contributed by atoms with Crippen LogP contribution in [0.2, 0.25) is 0 Å². The second kappa shape index (κ2) is 9.79. The van der Waals surface area contributed by atoms with Gasteiger partial charge in [0.1, 0.15) is 12.3 Å². The number of amides is 3. The van der Waals surface area contributed by atoms with Crippen LogP contribution < -0.4 is 10.1 Å². The number of carbonyl (C=O) groups excluding carboxylic acids is 3. The van der Waals surface area contributed by atoms with E-state index in [4.69, 9.17) is 4.74 Å². The maximum absolute atomic E-state index is 12.8. The van der Waals surface area contributed by atoms with Gasteiger partial charge in [0, 0.05) is 23.3 Å². The first-order valence-corrected chi connectivity index (χ1v) is 11.3. The Morgan fingerprint density at radius 3 is 2.48 bits per heavy atom. The highest BCUT2D eigenvalue weighted by Gasteiger charge is 2.36. The summed E-state index contributed by atoms with van der Waals surface area (Å²) in [6, 6.07) is 18.6. The highest BCUT2D eigenvalue weighted by Crippen LogP contribution is 2.32. The van der Waals surface area contributed by atoms with Gasteiger partial charge >= 0.3 is 0 Å². The number of aromatic nitrogens is 1. The zero-order chi connectivity index (χ0) is 23.4. The Kier molecular flexibility index (Phi) is 6.65. The molecule has 8 heteroatoms. The van der Waals surface area contributed by atoms with E-state index in [9.17, 15) is 14.4 Å². The van der Waals surface area contributed by atoms with Gasteiger partial charge in [-0.05, 0) is 80.2 Å². The van der Waals surface area contributed by atoms with Gasteiger partial charge in [-0.1, -0.05) is 17.7 Å². The van der Waals surface area contributed by atoms with Crippen molar-refractivity contribution < 1.29 is 19.1 Å². The molecule has 0 atom stereocenters. The van der Waals surface area contributed by atoms with E-state index < -0.39 is 17.1 Å². The van der Waals surface area contributed by atoms with Crippen molar-refractivity contribution in [3.8, 4) is 11.4 Å². The van der Waals surface area contributed by atoms with E-state index in [1.807, 2.05) is 61.0 Å². The Balaban J connectivity index is 1.45. The Labute approximate surface area is 196 Å². The molecule has 1 aromatic heterocycles. The van der Waals surface area contributed by atoms with Gasteiger partial charge in [0.15, 0.2) is 0 Å². The summed E-state index contributed by atoms with van der Waals surface area (Å²) in [7, 11) is 0. The molecular weight excluding hydrogens is 438 g/mol. The van der Waals surface area contributed by atoms with Crippen LogP contribution in [-0.4, -0.2) is 39.7 Å². The fourth-order valence-corrected chi connectivity index (χ4v) is 4.19. The normalized spacial score (nSPS) is 14.7. The molecular formula is C25H23N3O4S. The van der Waals surface area contributed by atoms with Crippen LogP contribution in [0.5, 0.6) is 5.75 Å². The molecule has 1 fully saturated rings. The van der Waals surface area contributed by atoms with Gasteiger partial charge in [-0.25, -0.2) is 0 Å². The smallest absolute Gasteiger partial charge is 0.294 e. The van der Waals surface area contributed by atoms with Crippen LogP contribution in [0.25, 0.3) is 11.8 Å². The first kappa shape index (κ1) is 22.4. The Hall–Kier alpha value is -3.78. The molecule has 168 valence electrons. The maximum Gasteiger partial charge on any atom is 0.294 e. The first-order valence-electron chi connectivity index (χ1n) is 10.5. The lowest BCUT2D eigenvalue weighted by molar-refractivity contribution is -0.127. The van der Waals surface area contributed by atoms with Crippen molar-refractivity contribution >= 4 is 40.6 Å². The summed E-state index contributed by atoms with van der Waals surface area (Å²) in [5, 5.41) is 2.23. The molecule has 33 heavy (non-hydrogen) atoms. The molecule has 3 amide bonds. The Morgan fingerprint density at radius 2 is 1.79 bits per heavy atom. The minimum atomic E-state index is -0.483. The number of anilines is 1. The van der Waals surface area contributed by atoms with Crippen molar-refractivity contribution in [2.75, 3.05) is 18.5 Å².